The summed E-state index contributed by atoms with van der Waals surface area (Å²) in [5, 5.41) is 0. The summed E-state index contributed by atoms with van der Waals surface area (Å²) < 4.78 is 29.0. The maximum absolute atomic E-state index is 12.0. The highest BCUT2D eigenvalue weighted by Gasteiger charge is 2.14. The standard InChI is InChI=1S/C15H23O3S/c1-3-5-6-7-12-18-19(16,17)15-11-8-10-14(13-15)9-4-2/h8,10-11,13H,1,3-7,9,12H2,2H3. The smallest absolute Gasteiger partial charge is 0.266 e. The van der Waals surface area contributed by atoms with Crippen LogP contribution in [-0.2, 0) is 20.7 Å². The second-order valence-electron chi connectivity index (χ2n) is 4.59. The first-order chi connectivity index (χ1) is 9.10. The summed E-state index contributed by atoms with van der Waals surface area (Å²) in [5.74, 6) is 0. The summed E-state index contributed by atoms with van der Waals surface area (Å²) in [4.78, 5) is 0.260. The number of hydrogen-bond donors (Lipinski definition) is 0. The quantitative estimate of drug-likeness (QED) is 0.512. The molecule has 0 amide bonds. The van der Waals surface area contributed by atoms with Crippen LogP contribution < -0.4 is 0 Å². The Hall–Kier alpha value is -0.870. The van der Waals surface area contributed by atoms with Crippen LogP contribution in [0, 0.1) is 6.92 Å². The predicted octanol–water partition coefficient (Wildman–Crippen LogP) is 3.74. The molecule has 1 aromatic carbocycles. The fourth-order valence-corrected chi connectivity index (χ4v) is 2.85. The summed E-state index contributed by atoms with van der Waals surface area (Å²) in [6.45, 7) is 6.07. The number of benzene rings is 1. The maximum Gasteiger partial charge on any atom is 0.296 e. The topological polar surface area (TPSA) is 43.4 Å². The van der Waals surface area contributed by atoms with Crippen LogP contribution in [0.1, 0.15) is 44.6 Å². The van der Waals surface area contributed by atoms with E-state index >= 15 is 0 Å². The van der Waals surface area contributed by atoms with E-state index in [0.29, 0.717) is 0 Å². The van der Waals surface area contributed by atoms with Gasteiger partial charge < -0.3 is 0 Å². The highest BCUT2D eigenvalue weighted by atomic mass is 32.2. The lowest BCUT2D eigenvalue weighted by molar-refractivity contribution is 0.307. The SMILES string of the molecule is [CH2]CCCCCOS(=O)(=O)c1cccc(CCC)c1. The first kappa shape index (κ1) is 16.2. The molecule has 0 saturated carbocycles. The third-order valence-electron chi connectivity index (χ3n) is 2.86. The third-order valence-corrected chi connectivity index (χ3v) is 4.17. The van der Waals surface area contributed by atoms with Crippen LogP contribution in [-0.4, -0.2) is 15.0 Å². The van der Waals surface area contributed by atoms with Crippen LogP contribution in [0.5, 0.6) is 0 Å². The second-order valence-corrected chi connectivity index (χ2v) is 6.20. The van der Waals surface area contributed by atoms with Gasteiger partial charge in [0, 0.05) is 0 Å². The van der Waals surface area contributed by atoms with Crippen LogP contribution >= 0.6 is 0 Å². The Morgan fingerprint density at radius 1 is 1.21 bits per heavy atom. The zero-order chi connectivity index (χ0) is 14.1. The van der Waals surface area contributed by atoms with Gasteiger partial charge in [0.1, 0.15) is 0 Å². The van der Waals surface area contributed by atoms with E-state index in [9.17, 15) is 8.42 Å². The predicted molar refractivity (Wildman–Crippen MR) is 77.4 cm³/mol. The Balaban J connectivity index is 2.58. The molecular formula is C15H23O3S. The van der Waals surface area contributed by atoms with Gasteiger partial charge in [0.15, 0.2) is 0 Å². The summed E-state index contributed by atoms with van der Waals surface area (Å²) in [7, 11) is -3.60. The number of rotatable bonds is 9. The van der Waals surface area contributed by atoms with Crippen molar-refractivity contribution in [3.05, 3.63) is 36.8 Å². The fourth-order valence-electron chi connectivity index (χ4n) is 1.84. The highest BCUT2D eigenvalue weighted by molar-refractivity contribution is 7.86. The van der Waals surface area contributed by atoms with Crippen molar-refractivity contribution >= 4 is 10.1 Å². The summed E-state index contributed by atoms with van der Waals surface area (Å²) >= 11 is 0. The van der Waals surface area contributed by atoms with Gasteiger partial charge in [-0.1, -0.05) is 51.7 Å². The Morgan fingerprint density at radius 2 is 2.00 bits per heavy atom. The van der Waals surface area contributed by atoms with E-state index in [4.69, 9.17) is 4.18 Å². The summed E-state index contributed by atoms with van der Waals surface area (Å²) in [6, 6.07) is 7.00. The van der Waals surface area contributed by atoms with Gasteiger partial charge in [-0.2, -0.15) is 8.42 Å². The monoisotopic (exact) mass is 283 g/mol. The Labute approximate surface area is 117 Å². The van der Waals surface area contributed by atoms with E-state index in [0.717, 1.165) is 44.1 Å². The molecular weight excluding hydrogens is 260 g/mol. The van der Waals surface area contributed by atoms with Crippen molar-refractivity contribution in [1.29, 1.82) is 0 Å². The Kier molecular flexibility index (Phi) is 7.10. The van der Waals surface area contributed by atoms with E-state index in [2.05, 4.69) is 13.8 Å². The van der Waals surface area contributed by atoms with Crippen LogP contribution in [0.3, 0.4) is 0 Å². The second kappa shape index (κ2) is 8.33. The van der Waals surface area contributed by atoms with Crippen molar-refractivity contribution in [3.8, 4) is 0 Å². The fraction of sp³-hybridized carbons (Fsp3) is 0.533. The molecule has 0 aliphatic heterocycles. The van der Waals surface area contributed by atoms with Gasteiger partial charge in [0.2, 0.25) is 0 Å². The molecule has 19 heavy (non-hydrogen) atoms. The largest absolute Gasteiger partial charge is 0.296 e. The van der Waals surface area contributed by atoms with Crippen LogP contribution in [0.25, 0.3) is 0 Å². The molecule has 1 aromatic rings. The molecule has 1 rings (SSSR count). The number of hydrogen-bond acceptors (Lipinski definition) is 3. The van der Waals surface area contributed by atoms with E-state index in [1.54, 1.807) is 18.2 Å². The van der Waals surface area contributed by atoms with Gasteiger partial charge in [-0.25, -0.2) is 0 Å². The van der Waals surface area contributed by atoms with Crippen molar-refractivity contribution < 1.29 is 12.6 Å². The minimum absolute atomic E-state index is 0.250. The normalized spacial score (nSPS) is 11.7. The molecule has 0 aliphatic rings. The zero-order valence-corrected chi connectivity index (χ0v) is 12.4. The molecule has 0 heterocycles. The van der Waals surface area contributed by atoms with Gasteiger partial charge in [-0.05, 0) is 30.5 Å². The van der Waals surface area contributed by atoms with E-state index in [1.165, 1.54) is 0 Å². The van der Waals surface area contributed by atoms with Crippen LogP contribution in [0.15, 0.2) is 29.2 Å². The third kappa shape index (κ3) is 5.74. The Bertz CT molecular complexity index is 466. The van der Waals surface area contributed by atoms with Gasteiger partial charge in [-0.3, -0.25) is 4.18 Å². The van der Waals surface area contributed by atoms with Gasteiger partial charge in [0.05, 0.1) is 11.5 Å². The molecule has 0 bridgehead atoms. The molecule has 0 N–H and O–H groups in total. The molecule has 0 unspecified atom stereocenters. The molecule has 0 aliphatic carbocycles. The zero-order valence-electron chi connectivity index (χ0n) is 11.6. The van der Waals surface area contributed by atoms with E-state index in [-0.39, 0.29) is 11.5 Å². The first-order valence-electron chi connectivity index (χ1n) is 6.87. The molecule has 0 saturated heterocycles. The highest BCUT2D eigenvalue weighted by Crippen LogP contribution is 2.16. The van der Waals surface area contributed by atoms with Crippen molar-refractivity contribution in [3.63, 3.8) is 0 Å². The van der Waals surface area contributed by atoms with Crippen LogP contribution in [0.2, 0.25) is 0 Å². The Morgan fingerprint density at radius 3 is 2.68 bits per heavy atom. The van der Waals surface area contributed by atoms with E-state index < -0.39 is 10.1 Å². The molecule has 0 spiro atoms. The average Bonchev–Trinajstić information content (AvgIpc) is 2.39. The van der Waals surface area contributed by atoms with Gasteiger partial charge in [0.25, 0.3) is 10.1 Å². The minimum Gasteiger partial charge on any atom is -0.266 e. The van der Waals surface area contributed by atoms with Gasteiger partial charge >= 0.3 is 0 Å². The lowest BCUT2D eigenvalue weighted by Gasteiger charge is -2.07. The molecule has 0 atom stereocenters. The molecule has 0 fully saturated rings. The molecule has 1 radical (unpaired) electrons. The lowest BCUT2D eigenvalue weighted by Crippen LogP contribution is -2.08. The summed E-state index contributed by atoms with van der Waals surface area (Å²) in [5.41, 5.74) is 1.03. The lowest BCUT2D eigenvalue weighted by atomic mass is 10.1. The van der Waals surface area contributed by atoms with Crippen molar-refractivity contribution in [2.75, 3.05) is 6.61 Å². The average molecular weight is 283 g/mol. The van der Waals surface area contributed by atoms with Crippen molar-refractivity contribution in [2.24, 2.45) is 0 Å². The maximum atomic E-state index is 12.0. The van der Waals surface area contributed by atoms with Crippen molar-refractivity contribution in [1.82, 2.24) is 0 Å². The summed E-state index contributed by atoms with van der Waals surface area (Å²) in [6.07, 6.45) is 5.47. The molecule has 107 valence electrons. The van der Waals surface area contributed by atoms with Crippen molar-refractivity contribution in [2.45, 2.75) is 50.3 Å². The molecule has 0 aromatic heterocycles. The number of unbranched alkanes of at least 4 members (excludes halogenated alkanes) is 3. The molecule has 3 nitrogen and oxygen atoms in total. The first-order valence-corrected chi connectivity index (χ1v) is 8.28. The molecule has 4 heteroatoms. The van der Waals surface area contributed by atoms with E-state index in [1.807, 2.05) is 6.07 Å². The minimum atomic E-state index is -3.60. The van der Waals surface area contributed by atoms with Gasteiger partial charge in [-0.15, -0.1) is 0 Å². The van der Waals surface area contributed by atoms with Crippen LogP contribution in [0.4, 0.5) is 0 Å². The number of aryl methyl sites for hydroxylation is 1.